The fourth-order valence-corrected chi connectivity index (χ4v) is 3.51. The molecule has 1 heterocycles. The van der Waals surface area contributed by atoms with Gasteiger partial charge in [-0.3, -0.25) is 10.5 Å². The van der Waals surface area contributed by atoms with Crippen LogP contribution in [-0.2, 0) is 6.54 Å². The maximum absolute atomic E-state index is 5.78. The van der Waals surface area contributed by atoms with E-state index in [0.717, 1.165) is 30.3 Å². The lowest BCUT2D eigenvalue weighted by atomic mass is 10.0. The van der Waals surface area contributed by atoms with E-state index in [4.69, 9.17) is 5.84 Å². The van der Waals surface area contributed by atoms with E-state index in [0.29, 0.717) is 0 Å². The second kappa shape index (κ2) is 6.66. The minimum Gasteiger partial charge on any atom is -0.271 e. The molecule has 4 nitrogen and oxygen atoms in total. The zero-order valence-electron chi connectivity index (χ0n) is 10.2. The first-order valence-corrected chi connectivity index (χ1v) is 8.37. The highest BCUT2D eigenvalue weighted by Gasteiger charge is 2.22. The maximum atomic E-state index is 5.78. The summed E-state index contributed by atoms with van der Waals surface area (Å²) in [6.45, 7) is 2.85. The Morgan fingerprint density at radius 2 is 2.21 bits per heavy atom. The van der Waals surface area contributed by atoms with Crippen molar-refractivity contribution < 1.29 is 0 Å². The molecule has 0 saturated heterocycles. The van der Waals surface area contributed by atoms with Crippen molar-refractivity contribution in [2.45, 2.75) is 19.5 Å². The molecule has 0 aliphatic rings. The van der Waals surface area contributed by atoms with Crippen LogP contribution < -0.4 is 11.3 Å². The molecule has 0 saturated carbocycles. The minimum absolute atomic E-state index is 0.110. The first-order valence-electron chi connectivity index (χ1n) is 5.70. The number of nitrogens with zero attached hydrogens (tertiary/aromatic N) is 2. The van der Waals surface area contributed by atoms with Crippen LogP contribution in [0, 0.1) is 3.57 Å². The zero-order valence-corrected chi connectivity index (χ0v) is 15.5. The largest absolute Gasteiger partial charge is 0.271 e. The first kappa shape index (κ1) is 15.4. The SMILES string of the molecule is CCn1ncc(Br)c1C(NN)c1cc(Br)ccc1I. The molecule has 0 spiro atoms. The number of benzene rings is 1. The van der Waals surface area contributed by atoms with Gasteiger partial charge in [0, 0.05) is 14.6 Å². The Labute approximate surface area is 142 Å². The predicted molar refractivity (Wildman–Crippen MR) is 91.6 cm³/mol. The topological polar surface area (TPSA) is 55.9 Å². The third-order valence-electron chi connectivity index (χ3n) is 2.84. The molecular weight excluding hydrogens is 487 g/mol. The third kappa shape index (κ3) is 3.21. The molecule has 1 aromatic heterocycles. The Morgan fingerprint density at radius 1 is 1.47 bits per heavy atom. The lowest BCUT2D eigenvalue weighted by Gasteiger charge is -2.20. The molecule has 2 aromatic rings. The summed E-state index contributed by atoms with van der Waals surface area (Å²) in [6, 6.07) is 6.04. The van der Waals surface area contributed by atoms with E-state index < -0.39 is 0 Å². The smallest absolute Gasteiger partial charge is 0.0900 e. The number of hydrazine groups is 1. The Balaban J connectivity index is 2.56. The number of rotatable bonds is 4. The highest BCUT2D eigenvalue weighted by atomic mass is 127. The van der Waals surface area contributed by atoms with Gasteiger partial charge in [0.15, 0.2) is 0 Å². The second-order valence-corrected chi connectivity index (χ2v) is 6.89. The Hall–Kier alpha value is 0.0400. The number of nitrogens with one attached hydrogen (secondary N) is 1. The zero-order chi connectivity index (χ0) is 14.0. The number of halogens is 3. The van der Waals surface area contributed by atoms with Gasteiger partial charge in [-0.25, -0.2) is 5.43 Å². The van der Waals surface area contributed by atoms with E-state index in [2.05, 4.69) is 84.0 Å². The van der Waals surface area contributed by atoms with Gasteiger partial charge in [0.05, 0.1) is 22.4 Å². The molecule has 102 valence electrons. The van der Waals surface area contributed by atoms with Crippen LogP contribution in [0.2, 0.25) is 0 Å². The van der Waals surface area contributed by atoms with E-state index in [-0.39, 0.29) is 6.04 Å². The molecule has 0 aliphatic carbocycles. The predicted octanol–water partition coefficient (Wildman–Crippen LogP) is 3.59. The van der Waals surface area contributed by atoms with Crippen LogP contribution >= 0.6 is 54.5 Å². The second-order valence-electron chi connectivity index (χ2n) is 3.96. The van der Waals surface area contributed by atoms with Crippen molar-refractivity contribution in [2.24, 2.45) is 5.84 Å². The Morgan fingerprint density at radius 3 is 2.84 bits per heavy atom. The van der Waals surface area contributed by atoms with Gasteiger partial charge in [-0.1, -0.05) is 15.9 Å². The van der Waals surface area contributed by atoms with E-state index in [1.807, 2.05) is 10.7 Å². The average molecular weight is 500 g/mol. The van der Waals surface area contributed by atoms with Crippen molar-refractivity contribution in [1.29, 1.82) is 0 Å². The summed E-state index contributed by atoms with van der Waals surface area (Å²) in [5.74, 6) is 5.78. The first-order chi connectivity index (χ1) is 9.08. The fourth-order valence-electron chi connectivity index (χ4n) is 1.96. The highest BCUT2D eigenvalue weighted by molar-refractivity contribution is 14.1. The van der Waals surface area contributed by atoms with Gasteiger partial charge >= 0.3 is 0 Å². The van der Waals surface area contributed by atoms with Crippen molar-refractivity contribution in [1.82, 2.24) is 15.2 Å². The molecule has 0 fully saturated rings. The molecule has 7 heteroatoms. The normalized spacial score (nSPS) is 12.7. The van der Waals surface area contributed by atoms with Crippen molar-refractivity contribution in [3.05, 3.63) is 48.2 Å². The summed E-state index contributed by atoms with van der Waals surface area (Å²) in [7, 11) is 0. The number of aryl methyl sites for hydroxylation is 1. The van der Waals surface area contributed by atoms with Crippen molar-refractivity contribution in [3.63, 3.8) is 0 Å². The molecule has 1 atom stereocenters. The van der Waals surface area contributed by atoms with Crippen LogP contribution in [-0.4, -0.2) is 9.78 Å². The summed E-state index contributed by atoms with van der Waals surface area (Å²) >= 11 is 9.37. The molecule has 0 radical (unpaired) electrons. The standard InChI is InChI=1S/C12H13Br2IN4/c1-2-19-12(9(14)6-17-19)11(18-16)8-5-7(13)3-4-10(8)15/h3-6,11,18H,2,16H2,1H3. The van der Waals surface area contributed by atoms with E-state index in [1.54, 1.807) is 6.20 Å². The van der Waals surface area contributed by atoms with Gasteiger partial charge in [0.25, 0.3) is 0 Å². The number of nitrogens with two attached hydrogens (primary N) is 1. The molecule has 19 heavy (non-hydrogen) atoms. The van der Waals surface area contributed by atoms with Crippen LogP contribution in [0.1, 0.15) is 24.2 Å². The molecule has 1 aromatic carbocycles. The molecule has 0 aliphatic heterocycles. The van der Waals surface area contributed by atoms with Crippen molar-refractivity contribution in [3.8, 4) is 0 Å². The summed E-state index contributed by atoms with van der Waals surface area (Å²) in [6.07, 6.45) is 1.80. The summed E-state index contributed by atoms with van der Waals surface area (Å²) in [4.78, 5) is 0. The van der Waals surface area contributed by atoms with Crippen LogP contribution in [0.4, 0.5) is 0 Å². The molecule has 2 rings (SSSR count). The summed E-state index contributed by atoms with van der Waals surface area (Å²) in [5.41, 5.74) is 5.04. The molecule has 1 unspecified atom stereocenters. The number of aromatic nitrogens is 2. The van der Waals surface area contributed by atoms with Crippen LogP contribution in [0.25, 0.3) is 0 Å². The van der Waals surface area contributed by atoms with Crippen LogP contribution in [0.5, 0.6) is 0 Å². The van der Waals surface area contributed by atoms with Gasteiger partial charge in [0.2, 0.25) is 0 Å². The molecule has 0 bridgehead atoms. The summed E-state index contributed by atoms with van der Waals surface area (Å²) in [5, 5.41) is 4.34. The van der Waals surface area contributed by atoms with Gasteiger partial charge in [-0.2, -0.15) is 5.10 Å². The van der Waals surface area contributed by atoms with Crippen LogP contribution in [0.3, 0.4) is 0 Å². The van der Waals surface area contributed by atoms with Gasteiger partial charge in [-0.15, -0.1) is 0 Å². The Kier molecular flexibility index (Phi) is 5.41. The number of hydrogen-bond donors (Lipinski definition) is 2. The highest BCUT2D eigenvalue weighted by Crippen LogP contribution is 2.32. The maximum Gasteiger partial charge on any atom is 0.0900 e. The van der Waals surface area contributed by atoms with Crippen molar-refractivity contribution in [2.75, 3.05) is 0 Å². The minimum atomic E-state index is -0.110. The molecule has 0 amide bonds. The third-order valence-corrected chi connectivity index (χ3v) is 4.93. The quantitative estimate of drug-likeness (QED) is 0.384. The molecular formula is C12H13Br2IN4. The van der Waals surface area contributed by atoms with Gasteiger partial charge in [-0.05, 0) is 69.2 Å². The monoisotopic (exact) mass is 498 g/mol. The average Bonchev–Trinajstić information content (AvgIpc) is 2.76. The summed E-state index contributed by atoms with van der Waals surface area (Å²) < 4.78 is 5.07. The molecule has 3 N–H and O–H groups in total. The number of hydrogen-bond acceptors (Lipinski definition) is 3. The van der Waals surface area contributed by atoms with Gasteiger partial charge < -0.3 is 0 Å². The lowest BCUT2D eigenvalue weighted by molar-refractivity contribution is 0.540. The lowest BCUT2D eigenvalue weighted by Crippen LogP contribution is -2.31. The van der Waals surface area contributed by atoms with E-state index in [9.17, 15) is 0 Å². The van der Waals surface area contributed by atoms with Crippen LogP contribution in [0.15, 0.2) is 33.3 Å². The van der Waals surface area contributed by atoms with E-state index in [1.165, 1.54) is 0 Å². The van der Waals surface area contributed by atoms with E-state index >= 15 is 0 Å². The fraction of sp³-hybridized carbons (Fsp3) is 0.250. The Bertz CT molecular complexity index is 585. The van der Waals surface area contributed by atoms with Gasteiger partial charge in [0.1, 0.15) is 0 Å². The van der Waals surface area contributed by atoms with Crippen molar-refractivity contribution >= 4 is 54.5 Å².